The summed E-state index contributed by atoms with van der Waals surface area (Å²) in [6.45, 7) is 3.73. The van der Waals surface area contributed by atoms with Crippen LogP contribution in [0.1, 0.15) is 42.5 Å². The number of alkyl halides is 6. The van der Waals surface area contributed by atoms with Crippen molar-refractivity contribution in [2.75, 3.05) is 13.2 Å². The molecule has 1 atom stereocenters. The van der Waals surface area contributed by atoms with E-state index in [2.05, 4.69) is 10.3 Å². The Labute approximate surface area is 272 Å². The Kier molecular flexibility index (Phi) is 8.82. The predicted octanol–water partition coefficient (Wildman–Crippen LogP) is 6.48. The van der Waals surface area contributed by atoms with E-state index in [1.54, 1.807) is 32.0 Å². The first kappa shape index (κ1) is 33.6. The molecule has 1 fully saturated rings. The topological polar surface area (TPSA) is 110 Å². The summed E-state index contributed by atoms with van der Waals surface area (Å²) in [5, 5.41) is 12.6. The molecule has 0 aliphatic carbocycles. The van der Waals surface area contributed by atoms with Crippen molar-refractivity contribution < 1.29 is 55.2 Å². The number of rotatable bonds is 8. The molecule has 0 radical (unpaired) electrons. The van der Waals surface area contributed by atoms with Crippen LogP contribution in [0.4, 0.5) is 31.1 Å². The van der Waals surface area contributed by atoms with Gasteiger partial charge in [0.25, 0.3) is 11.5 Å². The highest BCUT2D eigenvalue weighted by atomic mass is 127. The molecule has 3 heterocycles. The number of aromatic nitrogens is 1. The second kappa shape index (κ2) is 12.1. The quantitative estimate of drug-likeness (QED) is 0.154. The summed E-state index contributed by atoms with van der Waals surface area (Å²) in [7, 11) is 0. The summed E-state index contributed by atoms with van der Waals surface area (Å²) >= 11 is 1.94. The molecular weight excluding hydrogens is 739 g/mol. The van der Waals surface area contributed by atoms with Crippen LogP contribution in [-0.2, 0) is 28.9 Å². The van der Waals surface area contributed by atoms with Crippen LogP contribution in [0.3, 0.4) is 0 Å². The smallest absolute Gasteiger partial charge is 0.430 e. The lowest BCUT2D eigenvalue weighted by molar-refractivity contribution is -0.376. The maximum atomic E-state index is 13.6. The van der Waals surface area contributed by atoms with Gasteiger partial charge in [0.05, 0.1) is 6.54 Å². The van der Waals surface area contributed by atoms with Gasteiger partial charge in [-0.3, -0.25) is 9.69 Å². The summed E-state index contributed by atoms with van der Waals surface area (Å²) in [5.74, 6) is 0.223. The molecule has 2 N–H and O–H groups in total. The average Bonchev–Trinajstić information content (AvgIpc) is 3.21. The monoisotopic (exact) mass is 765 g/mol. The number of carbonyl (C=O) groups excluding carboxylic acids is 2. The zero-order chi connectivity index (χ0) is 33.7. The second-order valence-corrected chi connectivity index (χ2v) is 12.0. The summed E-state index contributed by atoms with van der Waals surface area (Å²) in [6, 6.07) is 7.68. The van der Waals surface area contributed by atoms with Crippen LogP contribution in [0, 0.1) is 3.57 Å². The van der Waals surface area contributed by atoms with Crippen molar-refractivity contribution in [1.29, 1.82) is 0 Å². The Morgan fingerprint density at radius 2 is 1.67 bits per heavy atom. The summed E-state index contributed by atoms with van der Waals surface area (Å²) < 4.78 is 98.4. The molecule has 0 saturated carbocycles. The van der Waals surface area contributed by atoms with Gasteiger partial charge in [-0.15, -0.1) is 0 Å². The van der Waals surface area contributed by atoms with Gasteiger partial charge in [-0.05, 0) is 76.9 Å². The molecule has 246 valence electrons. The molecule has 0 spiro atoms. The summed E-state index contributed by atoms with van der Waals surface area (Å²) in [4.78, 5) is 31.8. The number of ether oxygens (including phenoxy) is 3. The van der Waals surface area contributed by atoms with Crippen molar-refractivity contribution in [3.8, 4) is 23.1 Å². The van der Waals surface area contributed by atoms with Crippen molar-refractivity contribution in [1.82, 2.24) is 15.2 Å². The van der Waals surface area contributed by atoms with E-state index >= 15 is 0 Å². The average molecular weight is 765 g/mol. The van der Waals surface area contributed by atoms with Gasteiger partial charge >= 0.3 is 18.4 Å². The summed E-state index contributed by atoms with van der Waals surface area (Å²) in [5.41, 5.74) is -7.04. The minimum atomic E-state index is -6.04. The zero-order valence-electron chi connectivity index (χ0n) is 24.2. The normalized spacial score (nSPS) is 18.5. The van der Waals surface area contributed by atoms with Gasteiger partial charge in [0.2, 0.25) is 5.88 Å². The highest BCUT2D eigenvalue weighted by molar-refractivity contribution is 14.1. The molecule has 16 heteroatoms. The van der Waals surface area contributed by atoms with Crippen molar-refractivity contribution in [2.24, 2.45) is 0 Å². The Balaban J connectivity index is 1.41. The van der Waals surface area contributed by atoms with Crippen molar-refractivity contribution in [2.45, 2.75) is 56.7 Å². The molecule has 2 aromatic carbocycles. The maximum absolute atomic E-state index is 13.6. The van der Waals surface area contributed by atoms with Crippen molar-refractivity contribution in [3.05, 3.63) is 74.5 Å². The molecule has 1 unspecified atom stereocenters. The Morgan fingerprint density at radius 1 is 1.00 bits per heavy atom. The number of hydrogen-bond acceptors (Lipinski definition) is 7. The highest BCUT2D eigenvalue weighted by Gasteiger charge is 2.71. The van der Waals surface area contributed by atoms with E-state index in [9.17, 15) is 41.0 Å². The molecule has 0 bridgehead atoms. The van der Waals surface area contributed by atoms with Crippen LogP contribution in [0.2, 0.25) is 0 Å². The number of nitrogens with one attached hydrogen (secondary N) is 1. The fourth-order valence-corrected chi connectivity index (χ4v) is 5.63. The van der Waals surface area contributed by atoms with Gasteiger partial charge in [0.15, 0.2) is 11.5 Å². The number of nitrogens with zero attached hydrogens (tertiary/aromatic N) is 2. The molecule has 2 aliphatic rings. The van der Waals surface area contributed by atoms with Crippen LogP contribution in [0.15, 0.2) is 48.7 Å². The molecule has 1 saturated heterocycles. The Morgan fingerprint density at radius 3 is 2.33 bits per heavy atom. The number of pyridine rings is 1. The van der Waals surface area contributed by atoms with E-state index in [0.29, 0.717) is 58.0 Å². The number of hydrogen-bond donors (Lipinski definition) is 2. The zero-order valence-corrected chi connectivity index (χ0v) is 26.3. The van der Waals surface area contributed by atoms with Gasteiger partial charge in [-0.2, -0.15) is 26.3 Å². The van der Waals surface area contributed by atoms with Gasteiger partial charge in [-0.1, -0.05) is 25.5 Å². The fraction of sp³-hybridized carbons (Fsp3) is 0.367. The molecule has 46 heavy (non-hydrogen) atoms. The number of imide groups is 1. The number of amides is 3. The lowest BCUT2D eigenvalue weighted by atomic mass is 9.90. The number of fused-ring (bicyclic) bond motifs is 1. The third-order valence-corrected chi connectivity index (χ3v) is 8.64. The predicted molar refractivity (Wildman–Crippen MR) is 157 cm³/mol. The lowest BCUT2D eigenvalue weighted by Gasteiger charge is -2.33. The molecule has 3 aromatic rings. The largest absolute Gasteiger partial charge is 0.486 e. The summed E-state index contributed by atoms with van der Waals surface area (Å²) in [6.07, 6.45) is -10.4. The first-order valence-corrected chi connectivity index (χ1v) is 14.9. The van der Waals surface area contributed by atoms with E-state index in [0.717, 1.165) is 11.0 Å². The third kappa shape index (κ3) is 5.91. The van der Waals surface area contributed by atoms with Crippen LogP contribution in [0.5, 0.6) is 23.1 Å². The fourth-order valence-electron chi connectivity index (χ4n) is 5.17. The van der Waals surface area contributed by atoms with Crippen LogP contribution >= 0.6 is 22.6 Å². The molecule has 1 aromatic heterocycles. The van der Waals surface area contributed by atoms with E-state index in [1.807, 2.05) is 22.6 Å². The molecular formula is C30H26F6IN3O6. The number of aryl methyl sites for hydroxylation is 1. The second-order valence-electron chi connectivity index (χ2n) is 10.8. The van der Waals surface area contributed by atoms with Gasteiger partial charge < -0.3 is 24.6 Å². The molecule has 5 rings (SSSR count). The van der Waals surface area contributed by atoms with E-state index in [1.165, 1.54) is 12.3 Å². The number of halogens is 7. The maximum Gasteiger partial charge on any atom is 0.430 e. The van der Waals surface area contributed by atoms with Crippen LogP contribution < -0.4 is 19.5 Å². The number of aliphatic hydroxyl groups is 1. The Hall–Kier alpha value is -3.80. The van der Waals surface area contributed by atoms with Crippen molar-refractivity contribution >= 4 is 34.5 Å². The molecule has 2 aliphatic heterocycles. The standard InChI is InChI=1S/C30H26F6IN3O6/c1-3-4-16-11-19(28(43,29(31,32)33)30(34,35)36)6-7-21(16)46-24-12-17(20(37)14-38-24)15-40-25(41)27(2,39-26(40)42)18-5-8-22-23(13-18)45-10-9-44-22/h5-8,11-14,43H,3-4,9-10,15H2,1-2H3,(H,39,42). The number of urea groups is 1. The number of benzene rings is 2. The van der Waals surface area contributed by atoms with Gasteiger partial charge in [-0.25, -0.2) is 9.78 Å². The van der Waals surface area contributed by atoms with E-state index < -0.39 is 41.0 Å². The van der Waals surface area contributed by atoms with Crippen molar-refractivity contribution in [3.63, 3.8) is 0 Å². The van der Waals surface area contributed by atoms with Crippen LogP contribution in [0.25, 0.3) is 0 Å². The van der Waals surface area contributed by atoms with E-state index in [-0.39, 0.29) is 30.2 Å². The Bertz CT molecular complexity index is 1670. The SMILES string of the molecule is CCCc1cc(C(O)(C(F)(F)F)C(F)(F)F)ccc1Oc1cc(CN2C(=O)NC(C)(c3ccc4c(c3)OCCO4)C2=O)c(I)cn1. The third-order valence-electron chi connectivity index (χ3n) is 7.67. The molecule has 9 nitrogen and oxygen atoms in total. The first-order chi connectivity index (χ1) is 21.5. The van der Waals surface area contributed by atoms with Gasteiger partial charge in [0, 0.05) is 21.4 Å². The lowest BCUT2D eigenvalue weighted by Crippen LogP contribution is -2.53. The number of carbonyl (C=O) groups is 2. The van der Waals surface area contributed by atoms with Crippen LogP contribution in [-0.4, -0.2) is 52.5 Å². The highest BCUT2D eigenvalue weighted by Crippen LogP contribution is 2.50. The van der Waals surface area contributed by atoms with E-state index in [4.69, 9.17) is 14.2 Å². The first-order valence-electron chi connectivity index (χ1n) is 13.9. The molecule has 3 amide bonds. The van der Waals surface area contributed by atoms with Gasteiger partial charge in [0.1, 0.15) is 24.5 Å². The minimum Gasteiger partial charge on any atom is -0.486 e. The minimum absolute atomic E-state index is 0.0209.